The minimum atomic E-state index is 0.343. The number of nitrogens with zero attached hydrogens (tertiary/aromatic N) is 4. The highest BCUT2D eigenvalue weighted by atomic mass is 15.0. The summed E-state index contributed by atoms with van der Waals surface area (Å²) in [5.74, 6) is 4.23. The Bertz CT molecular complexity index is 2050. The molecule has 8 rings (SSSR count). The molecule has 0 saturated heterocycles. The molecule has 2 aliphatic carbocycles. The quantitative estimate of drug-likeness (QED) is 0.182. The van der Waals surface area contributed by atoms with E-state index in [0.29, 0.717) is 28.5 Å². The van der Waals surface area contributed by atoms with Gasteiger partial charge in [0.15, 0.2) is 17.5 Å². The molecule has 4 atom stereocenters. The van der Waals surface area contributed by atoms with Crippen molar-refractivity contribution in [3.05, 3.63) is 139 Å². The van der Waals surface area contributed by atoms with Crippen molar-refractivity contribution >= 4 is 0 Å². The van der Waals surface area contributed by atoms with E-state index in [1.807, 2.05) is 78.9 Å². The van der Waals surface area contributed by atoms with Crippen molar-refractivity contribution in [1.29, 1.82) is 5.26 Å². The van der Waals surface area contributed by atoms with Crippen LogP contribution >= 0.6 is 0 Å². The molecular weight excluding hydrogens is 597 g/mol. The van der Waals surface area contributed by atoms with Gasteiger partial charge in [0.1, 0.15) is 0 Å². The van der Waals surface area contributed by atoms with Gasteiger partial charge in [-0.1, -0.05) is 135 Å². The molecular formula is C45H40N4. The Morgan fingerprint density at radius 2 is 1.00 bits per heavy atom. The molecule has 49 heavy (non-hydrogen) atoms. The Balaban J connectivity index is 1.08. The zero-order chi connectivity index (χ0) is 33.4. The minimum Gasteiger partial charge on any atom is -0.208 e. The van der Waals surface area contributed by atoms with E-state index in [4.69, 9.17) is 15.0 Å². The highest BCUT2D eigenvalue weighted by Gasteiger charge is 2.45. The van der Waals surface area contributed by atoms with Crippen molar-refractivity contribution in [3.63, 3.8) is 0 Å². The van der Waals surface area contributed by atoms with Gasteiger partial charge in [0, 0.05) is 16.7 Å². The first kappa shape index (κ1) is 30.9. The summed E-state index contributed by atoms with van der Waals surface area (Å²) in [6.07, 6.45) is 6.78. The van der Waals surface area contributed by atoms with Gasteiger partial charge in [-0.15, -0.1) is 0 Å². The summed E-state index contributed by atoms with van der Waals surface area (Å²) in [6, 6.07) is 46.2. The van der Waals surface area contributed by atoms with Crippen LogP contribution in [0.4, 0.5) is 0 Å². The summed E-state index contributed by atoms with van der Waals surface area (Å²) < 4.78 is 0. The van der Waals surface area contributed by atoms with Gasteiger partial charge >= 0.3 is 0 Å². The number of rotatable bonds is 6. The SMILES string of the molecule is C[C@@H]1CC2C[C@H](C)CC(c3ccc(-c4ccc(-c5ccc(-c6nc(-c7ccccc7)nc(-c7ccccc7)n6)cc5C#N)cc4)cc3)(C2)C1. The van der Waals surface area contributed by atoms with Crippen molar-refractivity contribution in [2.24, 2.45) is 17.8 Å². The van der Waals surface area contributed by atoms with Crippen molar-refractivity contribution in [2.45, 2.75) is 51.4 Å². The number of fused-ring (bicyclic) bond motifs is 2. The Labute approximate surface area is 289 Å². The van der Waals surface area contributed by atoms with Gasteiger partial charge in [-0.25, -0.2) is 15.0 Å². The summed E-state index contributed by atoms with van der Waals surface area (Å²) in [5.41, 5.74) is 9.36. The Hall–Kier alpha value is -5.40. The summed E-state index contributed by atoms with van der Waals surface area (Å²) in [5, 5.41) is 10.3. The Morgan fingerprint density at radius 3 is 1.53 bits per heavy atom. The van der Waals surface area contributed by atoms with E-state index in [9.17, 15) is 5.26 Å². The van der Waals surface area contributed by atoms with Crippen LogP contribution in [0, 0.1) is 29.1 Å². The lowest BCUT2D eigenvalue weighted by Crippen LogP contribution is -2.42. The first-order valence-corrected chi connectivity index (χ1v) is 17.6. The van der Waals surface area contributed by atoms with Crippen LogP contribution in [0.5, 0.6) is 0 Å². The number of benzene rings is 5. The predicted molar refractivity (Wildman–Crippen MR) is 198 cm³/mol. The molecule has 2 aliphatic rings. The fourth-order valence-corrected chi connectivity index (χ4v) is 8.88. The standard InChI is InChI=1S/C45H40N4/c1-30-23-32-24-31(2)27-45(26-30,28-32)40-20-17-34(18-21-40)33-13-15-35(16-14-33)41-22-19-38(25-39(41)29-46)44-48-42(36-9-5-3-6-10-36)47-43(49-44)37-11-7-4-8-12-37/h3-22,25,30-32H,23-24,26-28H2,1-2H3/t30-,31+,32?,45?. The zero-order valence-electron chi connectivity index (χ0n) is 28.2. The van der Waals surface area contributed by atoms with Crippen LogP contribution < -0.4 is 0 Å². The molecule has 0 spiro atoms. The van der Waals surface area contributed by atoms with Crippen LogP contribution in [0.15, 0.2) is 127 Å². The van der Waals surface area contributed by atoms with E-state index in [2.05, 4.69) is 68.4 Å². The molecule has 4 heteroatoms. The van der Waals surface area contributed by atoms with Gasteiger partial charge in [0.05, 0.1) is 11.6 Å². The smallest absolute Gasteiger partial charge is 0.164 e. The van der Waals surface area contributed by atoms with Crippen LogP contribution in [-0.2, 0) is 5.41 Å². The van der Waals surface area contributed by atoms with Crippen LogP contribution in [-0.4, -0.2) is 15.0 Å². The molecule has 1 aromatic heterocycles. The van der Waals surface area contributed by atoms with Crippen LogP contribution in [0.1, 0.15) is 57.1 Å². The van der Waals surface area contributed by atoms with Crippen molar-refractivity contribution in [1.82, 2.24) is 15.0 Å². The monoisotopic (exact) mass is 636 g/mol. The van der Waals surface area contributed by atoms with Gasteiger partial charge in [0.25, 0.3) is 0 Å². The molecule has 1 heterocycles. The van der Waals surface area contributed by atoms with Crippen molar-refractivity contribution in [3.8, 4) is 62.5 Å². The molecule has 5 aromatic carbocycles. The third-order valence-corrected chi connectivity index (χ3v) is 10.8. The number of aromatic nitrogens is 3. The number of hydrogen-bond acceptors (Lipinski definition) is 4. The normalized spacial score (nSPS) is 21.5. The van der Waals surface area contributed by atoms with Crippen LogP contribution in [0.25, 0.3) is 56.4 Å². The summed E-state index contributed by atoms with van der Waals surface area (Å²) >= 11 is 0. The van der Waals surface area contributed by atoms with E-state index in [0.717, 1.165) is 45.6 Å². The van der Waals surface area contributed by atoms with E-state index in [1.54, 1.807) is 0 Å². The second-order valence-electron chi connectivity index (χ2n) is 14.5. The van der Waals surface area contributed by atoms with Crippen molar-refractivity contribution in [2.75, 3.05) is 0 Å². The molecule has 0 aliphatic heterocycles. The Morgan fingerprint density at radius 1 is 0.531 bits per heavy atom. The molecule has 2 bridgehead atoms. The highest BCUT2D eigenvalue weighted by molar-refractivity contribution is 5.77. The first-order chi connectivity index (χ1) is 24.0. The minimum absolute atomic E-state index is 0.343. The topological polar surface area (TPSA) is 62.5 Å². The Kier molecular flexibility index (Phi) is 8.14. The second kappa shape index (κ2) is 12.9. The zero-order valence-corrected chi connectivity index (χ0v) is 28.2. The fourth-order valence-electron chi connectivity index (χ4n) is 8.88. The van der Waals surface area contributed by atoms with Gasteiger partial charge in [-0.3, -0.25) is 0 Å². The highest BCUT2D eigenvalue weighted by Crippen LogP contribution is 2.54. The van der Waals surface area contributed by atoms with E-state index >= 15 is 0 Å². The van der Waals surface area contributed by atoms with E-state index in [1.165, 1.54) is 48.8 Å². The number of hydrogen-bond donors (Lipinski definition) is 0. The summed E-state index contributed by atoms with van der Waals surface area (Å²) in [7, 11) is 0. The lowest BCUT2D eigenvalue weighted by atomic mass is 9.54. The second-order valence-corrected chi connectivity index (χ2v) is 14.5. The van der Waals surface area contributed by atoms with Crippen LogP contribution in [0.2, 0.25) is 0 Å². The number of nitriles is 1. The molecule has 4 nitrogen and oxygen atoms in total. The van der Waals surface area contributed by atoms with Crippen LogP contribution in [0.3, 0.4) is 0 Å². The predicted octanol–water partition coefficient (Wildman–Crippen LogP) is 11.2. The lowest BCUT2D eigenvalue weighted by Gasteiger charge is -2.50. The average molecular weight is 637 g/mol. The molecule has 240 valence electrons. The molecule has 2 saturated carbocycles. The molecule has 0 radical (unpaired) electrons. The fraction of sp³-hybridized carbons (Fsp3) is 0.244. The molecule has 6 aromatic rings. The molecule has 0 amide bonds. The molecule has 2 unspecified atom stereocenters. The average Bonchev–Trinajstić information content (AvgIpc) is 3.14. The molecule has 0 N–H and O–H groups in total. The van der Waals surface area contributed by atoms with Crippen molar-refractivity contribution < 1.29 is 0 Å². The van der Waals surface area contributed by atoms with Gasteiger partial charge in [-0.05, 0) is 89.2 Å². The summed E-state index contributed by atoms with van der Waals surface area (Å²) in [6.45, 7) is 4.91. The van der Waals surface area contributed by atoms with Gasteiger partial charge in [0.2, 0.25) is 0 Å². The lowest BCUT2D eigenvalue weighted by molar-refractivity contribution is 0.0780. The largest absolute Gasteiger partial charge is 0.208 e. The molecule has 2 fully saturated rings. The van der Waals surface area contributed by atoms with Gasteiger partial charge < -0.3 is 0 Å². The maximum absolute atomic E-state index is 10.3. The first-order valence-electron chi connectivity index (χ1n) is 17.6. The maximum Gasteiger partial charge on any atom is 0.164 e. The van der Waals surface area contributed by atoms with E-state index in [-0.39, 0.29) is 0 Å². The summed E-state index contributed by atoms with van der Waals surface area (Å²) in [4.78, 5) is 14.5. The van der Waals surface area contributed by atoms with Gasteiger partial charge in [-0.2, -0.15) is 5.26 Å². The third-order valence-electron chi connectivity index (χ3n) is 10.8. The maximum atomic E-state index is 10.3. The van der Waals surface area contributed by atoms with E-state index < -0.39 is 0 Å². The third kappa shape index (κ3) is 6.18.